The Bertz CT molecular complexity index is 1290. The van der Waals surface area contributed by atoms with Gasteiger partial charge in [0.15, 0.2) is 0 Å². The molecule has 2 aromatic carbocycles. The Morgan fingerprint density at radius 2 is 1.91 bits per heavy atom. The predicted octanol–water partition coefficient (Wildman–Crippen LogP) is 4.93. The van der Waals surface area contributed by atoms with Gasteiger partial charge in [-0.25, -0.2) is 31.6 Å². The van der Waals surface area contributed by atoms with Crippen LogP contribution in [0.5, 0.6) is 5.75 Å². The summed E-state index contributed by atoms with van der Waals surface area (Å²) in [6, 6.07) is 7.57. The van der Waals surface area contributed by atoms with E-state index in [1.54, 1.807) is 20.1 Å². The molecule has 1 aromatic heterocycles. The first-order valence-corrected chi connectivity index (χ1v) is 12.4. The van der Waals surface area contributed by atoms with Crippen LogP contribution in [0.1, 0.15) is 47.7 Å². The summed E-state index contributed by atoms with van der Waals surface area (Å²) in [5, 5.41) is 3.72. The fraction of sp³-hybridized carbons (Fsp3) is 0.391. The first kappa shape index (κ1) is 23.3. The molecule has 10 heteroatoms. The number of benzene rings is 2. The zero-order valence-corrected chi connectivity index (χ0v) is 19.1. The van der Waals surface area contributed by atoms with Crippen LogP contribution in [0.2, 0.25) is 0 Å². The number of nitrogens with one attached hydrogen (secondary N) is 1. The van der Waals surface area contributed by atoms with Crippen LogP contribution in [0.25, 0.3) is 10.9 Å². The lowest BCUT2D eigenvalue weighted by Gasteiger charge is -2.24. The minimum atomic E-state index is -3.02. The normalized spacial score (nSPS) is 16.3. The van der Waals surface area contributed by atoms with E-state index in [1.807, 2.05) is 6.07 Å². The molecule has 1 N–H and O–H groups in total. The van der Waals surface area contributed by atoms with E-state index in [-0.39, 0.29) is 29.5 Å². The Hall–Kier alpha value is -2.88. The molecule has 176 valence electrons. The topological polar surface area (TPSA) is 81.2 Å². The molecule has 6 nitrogen and oxygen atoms in total. The summed E-state index contributed by atoms with van der Waals surface area (Å²) in [6.45, 7) is 1.68. The van der Waals surface area contributed by atoms with Crippen LogP contribution >= 0.6 is 0 Å². The van der Waals surface area contributed by atoms with E-state index in [1.165, 1.54) is 12.1 Å². The Balaban J connectivity index is 1.71. The maximum absolute atomic E-state index is 14.5. The van der Waals surface area contributed by atoms with Crippen LogP contribution < -0.4 is 10.1 Å². The molecule has 0 unspecified atom stereocenters. The lowest BCUT2D eigenvalue weighted by molar-refractivity contribution is 0.146. The van der Waals surface area contributed by atoms with Gasteiger partial charge in [-0.1, -0.05) is 18.2 Å². The maximum Gasteiger partial charge on any atom is 0.266 e. The molecule has 2 heterocycles. The van der Waals surface area contributed by atoms with E-state index < -0.39 is 27.6 Å². The predicted molar refractivity (Wildman–Crippen MR) is 120 cm³/mol. The first-order chi connectivity index (χ1) is 15.7. The second-order valence-corrected chi connectivity index (χ2v) is 10.4. The van der Waals surface area contributed by atoms with Crippen molar-refractivity contribution < 1.29 is 26.3 Å². The highest BCUT2D eigenvalue weighted by molar-refractivity contribution is 7.91. The summed E-state index contributed by atoms with van der Waals surface area (Å²) in [6.07, 6.45) is -1.92. The number of ether oxygens (including phenoxy) is 1. The van der Waals surface area contributed by atoms with Crippen LogP contribution in [-0.4, -0.2) is 37.0 Å². The Kier molecular flexibility index (Phi) is 6.47. The number of hydrogen-bond acceptors (Lipinski definition) is 6. The van der Waals surface area contributed by atoms with E-state index >= 15 is 0 Å². The van der Waals surface area contributed by atoms with Gasteiger partial charge in [0, 0.05) is 23.6 Å². The van der Waals surface area contributed by atoms with Crippen LogP contribution in [0.4, 0.5) is 19.0 Å². The van der Waals surface area contributed by atoms with E-state index in [2.05, 4.69) is 15.3 Å². The molecule has 0 bridgehead atoms. The smallest absolute Gasteiger partial charge is 0.266 e. The molecule has 0 radical (unpaired) electrons. The van der Waals surface area contributed by atoms with E-state index in [0.717, 1.165) is 11.6 Å². The van der Waals surface area contributed by atoms with Crippen molar-refractivity contribution in [3.05, 3.63) is 58.7 Å². The molecule has 4 rings (SSSR count). The molecular weight excluding hydrogens is 455 g/mol. The molecule has 0 spiro atoms. The van der Waals surface area contributed by atoms with Crippen molar-refractivity contribution in [2.75, 3.05) is 23.9 Å². The summed E-state index contributed by atoms with van der Waals surface area (Å²) in [7, 11) is -1.47. The third kappa shape index (κ3) is 4.90. The molecule has 3 aromatic rings. The average Bonchev–Trinajstić information content (AvgIpc) is 2.77. The van der Waals surface area contributed by atoms with Gasteiger partial charge in [-0.15, -0.1) is 0 Å². The highest BCUT2D eigenvalue weighted by Crippen LogP contribution is 2.38. The van der Waals surface area contributed by atoms with Crippen LogP contribution in [-0.2, 0) is 16.4 Å². The fourth-order valence-corrected chi connectivity index (χ4v) is 5.70. The van der Waals surface area contributed by atoms with Crippen molar-refractivity contribution in [1.82, 2.24) is 9.97 Å². The first-order valence-electron chi connectivity index (χ1n) is 10.5. The SMILES string of the molecule is COc1cc2nc(C)nc(NCc3cccc(C(F)F)c3F)c2cc1C1CCS(=O)(=O)CC1. The quantitative estimate of drug-likeness (QED) is 0.540. The van der Waals surface area contributed by atoms with Gasteiger partial charge in [-0.05, 0) is 37.3 Å². The van der Waals surface area contributed by atoms with Crippen molar-refractivity contribution in [3.8, 4) is 5.75 Å². The Morgan fingerprint density at radius 1 is 1.18 bits per heavy atom. The van der Waals surface area contributed by atoms with Gasteiger partial charge in [0.1, 0.15) is 33.0 Å². The van der Waals surface area contributed by atoms with Gasteiger partial charge in [0.2, 0.25) is 0 Å². The number of methoxy groups -OCH3 is 1. The minimum Gasteiger partial charge on any atom is -0.496 e. The number of aromatic nitrogens is 2. The number of sulfone groups is 1. The number of hydrogen-bond donors (Lipinski definition) is 1. The lowest BCUT2D eigenvalue weighted by Crippen LogP contribution is -2.22. The molecule has 33 heavy (non-hydrogen) atoms. The summed E-state index contributed by atoms with van der Waals surface area (Å²) >= 11 is 0. The van der Waals surface area contributed by atoms with Crippen molar-refractivity contribution >= 4 is 26.6 Å². The molecule has 0 aliphatic carbocycles. The number of rotatable bonds is 6. The van der Waals surface area contributed by atoms with Gasteiger partial charge >= 0.3 is 0 Å². The molecule has 0 amide bonds. The van der Waals surface area contributed by atoms with Crippen molar-refractivity contribution in [3.63, 3.8) is 0 Å². The summed E-state index contributed by atoms with van der Waals surface area (Å²) in [5.41, 5.74) is 0.929. The van der Waals surface area contributed by atoms with Gasteiger partial charge in [0.25, 0.3) is 6.43 Å². The molecule has 0 saturated carbocycles. The van der Waals surface area contributed by atoms with Gasteiger partial charge in [-0.2, -0.15) is 0 Å². The van der Waals surface area contributed by atoms with Crippen LogP contribution in [0.3, 0.4) is 0 Å². The zero-order valence-electron chi connectivity index (χ0n) is 18.2. The summed E-state index contributed by atoms with van der Waals surface area (Å²) < 4.78 is 69.8. The zero-order chi connectivity index (χ0) is 23.8. The number of anilines is 1. The van der Waals surface area contributed by atoms with Crippen molar-refractivity contribution in [2.24, 2.45) is 0 Å². The lowest BCUT2D eigenvalue weighted by atomic mass is 9.91. The molecular formula is C23H24F3N3O3S. The molecule has 1 fully saturated rings. The molecule has 1 aliphatic heterocycles. The average molecular weight is 480 g/mol. The monoisotopic (exact) mass is 479 g/mol. The number of fused-ring (bicyclic) bond motifs is 1. The second-order valence-electron chi connectivity index (χ2n) is 8.13. The van der Waals surface area contributed by atoms with Crippen LogP contribution in [0.15, 0.2) is 30.3 Å². The van der Waals surface area contributed by atoms with E-state index in [9.17, 15) is 21.6 Å². The molecule has 0 atom stereocenters. The largest absolute Gasteiger partial charge is 0.496 e. The molecule has 1 saturated heterocycles. The van der Waals surface area contributed by atoms with Gasteiger partial charge < -0.3 is 10.1 Å². The highest BCUT2D eigenvalue weighted by atomic mass is 32.2. The summed E-state index contributed by atoms with van der Waals surface area (Å²) in [4.78, 5) is 8.90. The van der Waals surface area contributed by atoms with Gasteiger partial charge in [-0.3, -0.25) is 0 Å². The fourth-order valence-electron chi connectivity index (χ4n) is 4.20. The van der Waals surface area contributed by atoms with E-state index in [4.69, 9.17) is 4.74 Å². The maximum atomic E-state index is 14.5. The minimum absolute atomic E-state index is 0.00203. The number of aryl methyl sites for hydroxylation is 1. The van der Waals surface area contributed by atoms with Crippen molar-refractivity contribution in [2.45, 2.75) is 38.7 Å². The Morgan fingerprint density at radius 3 is 2.58 bits per heavy atom. The number of halogens is 3. The molecule has 1 aliphatic rings. The number of nitrogens with zero attached hydrogens (tertiary/aromatic N) is 2. The highest BCUT2D eigenvalue weighted by Gasteiger charge is 2.27. The second kappa shape index (κ2) is 9.17. The van der Waals surface area contributed by atoms with Crippen molar-refractivity contribution in [1.29, 1.82) is 0 Å². The van der Waals surface area contributed by atoms with E-state index in [0.29, 0.717) is 41.1 Å². The third-order valence-electron chi connectivity index (χ3n) is 5.94. The summed E-state index contributed by atoms with van der Waals surface area (Å²) in [5.74, 6) is 0.828. The third-order valence-corrected chi connectivity index (χ3v) is 7.66. The van der Waals surface area contributed by atoms with Crippen LogP contribution in [0, 0.1) is 12.7 Å². The van der Waals surface area contributed by atoms with Gasteiger partial charge in [0.05, 0.1) is 29.7 Å². The number of alkyl halides is 2. The Labute approximate surface area is 190 Å². The standard InChI is InChI=1S/C23H24F3N3O3S/c1-13-28-19-11-20(32-2)17(14-6-8-33(30,31)9-7-14)10-18(19)23(29-13)27-12-15-4-3-5-16(21(15)24)22(25)26/h3-5,10-11,14,22H,6-9,12H2,1-2H3,(H,27,28,29).